The number of halogens is 1. The molecule has 0 aliphatic carbocycles. The molecule has 0 aliphatic rings. The van der Waals surface area contributed by atoms with Crippen LogP contribution in [0.2, 0.25) is 5.02 Å². The summed E-state index contributed by atoms with van der Waals surface area (Å²) >= 11 is 5.87. The van der Waals surface area contributed by atoms with Gasteiger partial charge in [0.25, 0.3) is 0 Å². The van der Waals surface area contributed by atoms with Gasteiger partial charge in [-0.25, -0.2) is 0 Å². The molecule has 2 aromatic rings. The molecule has 1 N–H and O–H groups in total. The molecule has 1 amide bonds. The summed E-state index contributed by atoms with van der Waals surface area (Å²) in [7, 11) is 0. The van der Waals surface area contributed by atoms with Gasteiger partial charge in [0.05, 0.1) is 6.61 Å². The highest BCUT2D eigenvalue weighted by Crippen LogP contribution is 2.19. The second kappa shape index (κ2) is 7.50. The highest BCUT2D eigenvalue weighted by Gasteiger charge is 2.01. The zero-order valence-electron chi connectivity index (χ0n) is 11.7. The van der Waals surface area contributed by atoms with Gasteiger partial charge in [-0.2, -0.15) is 0 Å². The average molecular weight is 302 g/mol. The third-order valence-electron chi connectivity index (χ3n) is 2.73. The second-order valence-corrected chi connectivity index (χ2v) is 4.74. The van der Waals surface area contributed by atoms with Crippen LogP contribution in [0.1, 0.15) is 12.5 Å². The van der Waals surface area contributed by atoms with E-state index in [0.717, 1.165) is 11.3 Å². The number of amides is 1. The van der Waals surface area contributed by atoms with Gasteiger partial charge in [0, 0.05) is 22.3 Å². The molecule has 0 aliphatic heterocycles. The number of anilines is 1. The van der Waals surface area contributed by atoms with Crippen molar-refractivity contribution in [1.29, 1.82) is 0 Å². The highest BCUT2D eigenvalue weighted by molar-refractivity contribution is 6.30. The van der Waals surface area contributed by atoms with Crippen LogP contribution in [0.25, 0.3) is 6.08 Å². The number of rotatable bonds is 5. The number of hydrogen-bond donors (Lipinski definition) is 1. The number of hydrogen-bond acceptors (Lipinski definition) is 2. The van der Waals surface area contributed by atoms with Crippen molar-refractivity contribution >= 4 is 29.3 Å². The number of nitrogens with one attached hydrogen (secondary N) is 1. The number of benzene rings is 2. The van der Waals surface area contributed by atoms with Crippen LogP contribution in [0.4, 0.5) is 5.69 Å². The van der Waals surface area contributed by atoms with Crippen LogP contribution in [0.15, 0.2) is 54.6 Å². The van der Waals surface area contributed by atoms with Crippen molar-refractivity contribution in [3.8, 4) is 5.75 Å². The maximum atomic E-state index is 11.9. The standard InChI is InChI=1S/C17H16ClNO2/c1-2-21-16-9-4-3-6-13(16)10-11-17(20)19-15-8-5-7-14(18)12-15/h3-12H,2H2,1H3,(H,19,20)/b11-10+. The molecule has 108 valence electrons. The Balaban J connectivity index is 2.05. The molecule has 0 saturated carbocycles. The van der Waals surface area contributed by atoms with Crippen LogP contribution in [0.5, 0.6) is 5.75 Å². The zero-order valence-corrected chi connectivity index (χ0v) is 12.4. The Kier molecular flexibility index (Phi) is 5.41. The zero-order chi connectivity index (χ0) is 15.1. The molecule has 2 aromatic carbocycles. The Labute approximate surface area is 129 Å². The van der Waals surface area contributed by atoms with E-state index in [4.69, 9.17) is 16.3 Å². The summed E-state index contributed by atoms with van der Waals surface area (Å²) in [6, 6.07) is 14.6. The van der Waals surface area contributed by atoms with Gasteiger partial charge in [-0.3, -0.25) is 4.79 Å². The lowest BCUT2D eigenvalue weighted by Gasteiger charge is -2.06. The third kappa shape index (κ3) is 4.65. The Bertz CT molecular complexity index is 653. The van der Waals surface area contributed by atoms with Gasteiger partial charge in [0.1, 0.15) is 5.75 Å². The van der Waals surface area contributed by atoms with E-state index < -0.39 is 0 Å². The number of carbonyl (C=O) groups is 1. The fourth-order valence-electron chi connectivity index (χ4n) is 1.82. The van der Waals surface area contributed by atoms with Crippen LogP contribution in [-0.2, 0) is 4.79 Å². The van der Waals surface area contributed by atoms with E-state index in [1.165, 1.54) is 6.08 Å². The van der Waals surface area contributed by atoms with Gasteiger partial charge in [-0.05, 0) is 37.3 Å². The summed E-state index contributed by atoms with van der Waals surface area (Å²) in [6.45, 7) is 2.51. The van der Waals surface area contributed by atoms with Crippen LogP contribution in [0.3, 0.4) is 0 Å². The van der Waals surface area contributed by atoms with Gasteiger partial charge in [-0.15, -0.1) is 0 Å². The number of ether oxygens (including phenoxy) is 1. The monoisotopic (exact) mass is 301 g/mol. The Morgan fingerprint density at radius 3 is 2.81 bits per heavy atom. The second-order valence-electron chi connectivity index (χ2n) is 4.30. The summed E-state index contributed by atoms with van der Waals surface area (Å²) in [5.74, 6) is 0.537. The minimum Gasteiger partial charge on any atom is -0.493 e. The van der Waals surface area contributed by atoms with Gasteiger partial charge in [0.2, 0.25) is 5.91 Å². The quantitative estimate of drug-likeness (QED) is 0.832. The molecular weight excluding hydrogens is 286 g/mol. The number of carbonyl (C=O) groups excluding carboxylic acids is 1. The largest absolute Gasteiger partial charge is 0.493 e. The van der Waals surface area contributed by atoms with E-state index >= 15 is 0 Å². The van der Waals surface area contributed by atoms with E-state index in [-0.39, 0.29) is 5.91 Å². The molecule has 3 nitrogen and oxygen atoms in total. The van der Waals surface area contributed by atoms with Crippen LogP contribution in [-0.4, -0.2) is 12.5 Å². The molecule has 0 unspecified atom stereocenters. The lowest BCUT2D eigenvalue weighted by Crippen LogP contribution is -2.07. The van der Waals surface area contributed by atoms with E-state index in [2.05, 4.69) is 5.32 Å². The molecule has 4 heteroatoms. The van der Waals surface area contributed by atoms with Crippen molar-refractivity contribution in [2.75, 3.05) is 11.9 Å². The Morgan fingerprint density at radius 1 is 1.24 bits per heavy atom. The molecule has 21 heavy (non-hydrogen) atoms. The molecule has 0 fully saturated rings. The van der Waals surface area contributed by atoms with Gasteiger partial charge < -0.3 is 10.1 Å². The molecule has 0 spiro atoms. The summed E-state index contributed by atoms with van der Waals surface area (Å²) in [5, 5.41) is 3.34. The van der Waals surface area contributed by atoms with E-state index in [1.54, 1.807) is 30.3 Å². The van der Waals surface area contributed by atoms with Gasteiger partial charge >= 0.3 is 0 Å². The van der Waals surface area contributed by atoms with Crippen LogP contribution >= 0.6 is 11.6 Å². The SMILES string of the molecule is CCOc1ccccc1/C=C/C(=O)Nc1cccc(Cl)c1. The van der Waals surface area contributed by atoms with Crippen molar-refractivity contribution < 1.29 is 9.53 Å². The average Bonchev–Trinajstić information content (AvgIpc) is 2.47. The maximum absolute atomic E-state index is 11.9. The Hall–Kier alpha value is -2.26. The lowest BCUT2D eigenvalue weighted by atomic mass is 10.2. The van der Waals surface area contributed by atoms with Crippen molar-refractivity contribution in [3.63, 3.8) is 0 Å². The predicted molar refractivity (Wildman–Crippen MR) is 86.7 cm³/mol. The van der Waals surface area contributed by atoms with E-state index in [1.807, 2.05) is 31.2 Å². The minimum absolute atomic E-state index is 0.219. The molecular formula is C17H16ClNO2. The normalized spacial score (nSPS) is 10.6. The fraction of sp³-hybridized carbons (Fsp3) is 0.118. The summed E-state index contributed by atoms with van der Waals surface area (Å²) in [5.41, 5.74) is 1.52. The minimum atomic E-state index is -0.219. The van der Waals surface area contributed by atoms with E-state index in [0.29, 0.717) is 17.3 Å². The molecule has 2 rings (SSSR count). The predicted octanol–water partition coefficient (Wildman–Crippen LogP) is 4.39. The first-order chi connectivity index (χ1) is 10.2. The summed E-state index contributed by atoms with van der Waals surface area (Å²) < 4.78 is 5.50. The first-order valence-corrected chi connectivity index (χ1v) is 7.03. The van der Waals surface area contributed by atoms with Crippen LogP contribution < -0.4 is 10.1 Å². The lowest BCUT2D eigenvalue weighted by molar-refractivity contribution is -0.111. The molecule has 0 bridgehead atoms. The molecule has 0 saturated heterocycles. The smallest absolute Gasteiger partial charge is 0.248 e. The van der Waals surface area contributed by atoms with Gasteiger partial charge in [-0.1, -0.05) is 35.9 Å². The first kappa shape index (κ1) is 15.1. The number of para-hydroxylation sites is 1. The highest BCUT2D eigenvalue weighted by atomic mass is 35.5. The Morgan fingerprint density at radius 2 is 2.05 bits per heavy atom. The fourth-order valence-corrected chi connectivity index (χ4v) is 2.01. The molecule has 0 aromatic heterocycles. The van der Waals surface area contributed by atoms with Crippen molar-refractivity contribution in [1.82, 2.24) is 0 Å². The van der Waals surface area contributed by atoms with Crippen LogP contribution in [0, 0.1) is 0 Å². The van der Waals surface area contributed by atoms with Crippen molar-refractivity contribution in [2.24, 2.45) is 0 Å². The molecule has 0 radical (unpaired) electrons. The maximum Gasteiger partial charge on any atom is 0.248 e. The molecule has 0 atom stereocenters. The van der Waals surface area contributed by atoms with E-state index in [9.17, 15) is 4.79 Å². The summed E-state index contributed by atoms with van der Waals surface area (Å²) in [4.78, 5) is 11.9. The topological polar surface area (TPSA) is 38.3 Å². The van der Waals surface area contributed by atoms with Crippen molar-refractivity contribution in [2.45, 2.75) is 6.92 Å². The van der Waals surface area contributed by atoms with Gasteiger partial charge in [0.15, 0.2) is 0 Å². The van der Waals surface area contributed by atoms with Crippen molar-refractivity contribution in [3.05, 3.63) is 65.2 Å². The first-order valence-electron chi connectivity index (χ1n) is 6.65. The third-order valence-corrected chi connectivity index (χ3v) is 2.96. The molecule has 0 heterocycles. The summed E-state index contributed by atoms with van der Waals surface area (Å²) in [6.07, 6.45) is 3.20.